The highest BCUT2D eigenvalue weighted by Crippen LogP contribution is 2.09. The van der Waals surface area contributed by atoms with Crippen LogP contribution in [0, 0.1) is 6.92 Å². The van der Waals surface area contributed by atoms with Crippen LogP contribution in [0.2, 0.25) is 0 Å². The number of halogens is 2. The monoisotopic (exact) mass is 160 g/mol. The van der Waals surface area contributed by atoms with Gasteiger partial charge in [0.15, 0.2) is 0 Å². The third-order valence-electron chi connectivity index (χ3n) is 0.979. The van der Waals surface area contributed by atoms with E-state index in [-0.39, 0.29) is 5.88 Å². The Morgan fingerprint density at radius 3 is 2.82 bits per heavy atom. The molecule has 5 heteroatoms. The lowest BCUT2D eigenvalue weighted by atomic mass is 10.3. The first kappa shape index (κ1) is 7.84. The first-order valence-corrected chi connectivity index (χ1v) is 2.92. The number of hydrogen-bond donors (Lipinski definition) is 0. The number of aromatic nitrogens is 2. The molecule has 0 N–H and O–H groups in total. The highest BCUT2D eigenvalue weighted by Gasteiger charge is 2.04. The lowest BCUT2D eigenvalue weighted by Gasteiger charge is -2.01. The standard InChI is InChI=1S/C6H6F2N2O/c1-4-2-5(10-9-3-4)11-6(7)8/h2-3,6H,1H3. The molecule has 0 unspecified atom stereocenters. The van der Waals surface area contributed by atoms with Gasteiger partial charge in [-0.25, -0.2) is 0 Å². The fourth-order valence-corrected chi connectivity index (χ4v) is 0.587. The molecule has 0 bridgehead atoms. The summed E-state index contributed by atoms with van der Waals surface area (Å²) in [5, 5.41) is 6.76. The Bertz CT molecular complexity index is 242. The zero-order valence-corrected chi connectivity index (χ0v) is 5.79. The molecule has 0 aromatic carbocycles. The lowest BCUT2D eigenvalue weighted by molar-refractivity contribution is -0.0534. The predicted molar refractivity (Wildman–Crippen MR) is 33.4 cm³/mol. The summed E-state index contributed by atoms with van der Waals surface area (Å²) in [5.41, 5.74) is 0.732. The van der Waals surface area contributed by atoms with E-state index in [9.17, 15) is 8.78 Å². The molecule has 0 fully saturated rings. The quantitative estimate of drug-likeness (QED) is 0.655. The Hall–Kier alpha value is -1.26. The molecular weight excluding hydrogens is 154 g/mol. The number of aryl methyl sites for hydroxylation is 1. The van der Waals surface area contributed by atoms with Gasteiger partial charge in [0.2, 0.25) is 5.88 Å². The van der Waals surface area contributed by atoms with Crippen LogP contribution in [0.3, 0.4) is 0 Å². The second kappa shape index (κ2) is 3.23. The smallest absolute Gasteiger partial charge is 0.388 e. The van der Waals surface area contributed by atoms with E-state index >= 15 is 0 Å². The van der Waals surface area contributed by atoms with E-state index in [0.29, 0.717) is 0 Å². The summed E-state index contributed by atoms with van der Waals surface area (Å²) in [6.07, 6.45) is 1.46. The topological polar surface area (TPSA) is 35.0 Å². The number of rotatable bonds is 2. The number of alkyl halides is 2. The van der Waals surface area contributed by atoms with Gasteiger partial charge >= 0.3 is 6.61 Å². The molecule has 0 amide bonds. The average Bonchev–Trinajstić information content (AvgIpc) is 1.85. The summed E-state index contributed by atoms with van der Waals surface area (Å²) in [4.78, 5) is 0. The van der Waals surface area contributed by atoms with Gasteiger partial charge in [-0.15, -0.1) is 5.10 Å². The van der Waals surface area contributed by atoms with Crippen molar-refractivity contribution in [2.45, 2.75) is 13.5 Å². The summed E-state index contributed by atoms with van der Waals surface area (Å²) >= 11 is 0. The van der Waals surface area contributed by atoms with E-state index in [1.165, 1.54) is 12.3 Å². The molecule has 11 heavy (non-hydrogen) atoms. The summed E-state index contributed by atoms with van der Waals surface area (Å²) in [7, 11) is 0. The summed E-state index contributed by atoms with van der Waals surface area (Å²) in [6.45, 7) is -1.13. The second-order valence-electron chi connectivity index (χ2n) is 1.95. The van der Waals surface area contributed by atoms with Crippen LogP contribution in [-0.4, -0.2) is 16.8 Å². The van der Waals surface area contributed by atoms with Gasteiger partial charge in [-0.1, -0.05) is 0 Å². The fourth-order valence-electron chi connectivity index (χ4n) is 0.587. The molecule has 0 radical (unpaired) electrons. The molecule has 0 spiro atoms. The molecular formula is C6H6F2N2O. The molecule has 0 aliphatic heterocycles. The van der Waals surface area contributed by atoms with Gasteiger partial charge in [-0.2, -0.15) is 13.9 Å². The van der Waals surface area contributed by atoms with Crippen molar-refractivity contribution in [3.63, 3.8) is 0 Å². The zero-order chi connectivity index (χ0) is 8.27. The van der Waals surface area contributed by atoms with Gasteiger partial charge in [0.05, 0.1) is 6.20 Å². The van der Waals surface area contributed by atoms with E-state index in [0.717, 1.165) is 5.56 Å². The minimum absolute atomic E-state index is 0.153. The van der Waals surface area contributed by atoms with Crippen LogP contribution in [-0.2, 0) is 0 Å². The Kier molecular flexibility index (Phi) is 2.30. The van der Waals surface area contributed by atoms with Gasteiger partial charge < -0.3 is 4.74 Å². The molecule has 0 saturated heterocycles. The number of nitrogens with zero attached hydrogens (tertiary/aromatic N) is 2. The largest absolute Gasteiger partial charge is 0.415 e. The molecule has 0 atom stereocenters. The summed E-state index contributed by atoms with van der Waals surface area (Å²) < 4.78 is 27.1. The van der Waals surface area contributed by atoms with Gasteiger partial charge in [-0.3, -0.25) is 0 Å². The van der Waals surface area contributed by atoms with Crippen LogP contribution in [0.1, 0.15) is 5.56 Å². The van der Waals surface area contributed by atoms with E-state index < -0.39 is 6.61 Å². The Morgan fingerprint density at radius 2 is 2.27 bits per heavy atom. The predicted octanol–water partition coefficient (Wildman–Crippen LogP) is 1.39. The third kappa shape index (κ3) is 2.45. The van der Waals surface area contributed by atoms with Crippen molar-refractivity contribution in [2.75, 3.05) is 0 Å². The van der Waals surface area contributed by atoms with Gasteiger partial charge in [0.25, 0.3) is 0 Å². The third-order valence-corrected chi connectivity index (χ3v) is 0.979. The highest BCUT2D eigenvalue weighted by molar-refractivity contribution is 5.14. The normalized spacial score (nSPS) is 10.2. The Labute approximate surface area is 62.0 Å². The van der Waals surface area contributed by atoms with Crippen LogP contribution in [0.15, 0.2) is 12.3 Å². The van der Waals surface area contributed by atoms with Crippen LogP contribution >= 0.6 is 0 Å². The van der Waals surface area contributed by atoms with Crippen molar-refractivity contribution < 1.29 is 13.5 Å². The average molecular weight is 160 g/mol. The maximum absolute atomic E-state index is 11.6. The van der Waals surface area contributed by atoms with E-state index in [1.807, 2.05) is 0 Å². The first-order valence-electron chi connectivity index (χ1n) is 2.92. The van der Waals surface area contributed by atoms with Crippen LogP contribution < -0.4 is 4.74 Å². The summed E-state index contributed by atoms with van der Waals surface area (Å²) in [6, 6.07) is 1.39. The van der Waals surface area contributed by atoms with Gasteiger partial charge in [0, 0.05) is 6.07 Å². The van der Waals surface area contributed by atoms with Crippen molar-refractivity contribution in [3.05, 3.63) is 17.8 Å². The lowest BCUT2D eigenvalue weighted by Crippen LogP contribution is -2.04. The van der Waals surface area contributed by atoms with Crippen LogP contribution in [0.5, 0.6) is 5.88 Å². The molecule has 1 heterocycles. The molecule has 0 aliphatic carbocycles. The molecule has 1 aromatic heterocycles. The minimum atomic E-state index is -2.84. The maximum Gasteiger partial charge on any atom is 0.388 e. The van der Waals surface area contributed by atoms with Crippen molar-refractivity contribution in [1.29, 1.82) is 0 Å². The first-order chi connectivity index (χ1) is 5.18. The SMILES string of the molecule is Cc1cnnc(OC(F)F)c1. The molecule has 1 aromatic rings. The summed E-state index contributed by atoms with van der Waals surface area (Å²) in [5.74, 6) is -0.153. The molecule has 3 nitrogen and oxygen atoms in total. The molecule has 60 valence electrons. The van der Waals surface area contributed by atoms with E-state index in [2.05, 4.69) is 14.9 Å². The fraction of sp³-hybridized carbons (Fsp3) is 0.333. The molecule has 0 saturated carbocycles. The molecule has 0 aliphatic rings. The number of hydrogen-bond acceptors (Lipinski definition) is 3. The van der Waals surface area contributed by atoms with Gasteiger partial charge in [0.1, 0.15) is 0 Å². The van der Waals surface area contributed by atoms with Crippen molar-refractivity contribution in [3.8, 4) is 5.88 Å². The van der Waals surface area contributed by atoms with E-state index in [4.69, 9.17) is 0 Å². The second-order valence-corrected chi connectivity index (χ2v) is 1.95. The Balaban J connectivity index is 2.71. The van der Waals surface area contributed by atoms with Crippen LogP contribution in [0.25, 0.3) is 0 Å². The minimum Gasteiger partial charge on any atom is -0.415 e. The van der Waals surface area contributed by atoms with Gasteiger partial charge in [-0.05, 0) is 12.5 Å². The van der Waals surface area contributed by atoms with E-state index in [1.54, 1.807) is 6.92 Å². The zero-order valence-electron chi connectivity index (χ0n) is 5.79. The van der Waals surface area contributed by atoms with Crippen molar-refractivity contribution >= 4 is 0 Å². The Morgan fingerprint density at radius 1 is 1.55 bits per heavy atom. The van der Waals surface area contributed by atoms with Crippen molar-refractivity contribution in [2.24, 2.45) is 0 Å². The van der Waals surface area contributed by atoms with Crippen LogP contribution in [0.4, 0.5) is 8.78 Å². The maximum atomic E-state index is 11.6. The van der Waals surface area contributed by atoms with Crippen molar-refractivity contribution in [1.82, 2.24) is 10.2 Å². The molecule has 1 rings (SSSR count). The highest BCUT2D eigenvalue weighted by atomic mass is 19.3. The number of ether oxygens (including phenoxy) is 1.